The van der Waals surface area contributed by atoms with Crippen molar-refractivity contribution in [3.63, 3.8) is 0 Å². The van der Waals surface area contributed by atoms with Crippen LogP contribution in [0.5, 0.6) is 0 Å². The summed E-state index contributed by atoms with van der Waals surface area (Å²) in [6, 6.07) is 9.35. The Labute approximate surface area is 112 Å². The Morgan fingerprint density at radius 3 is 2.67 bits per heavy atom. The molecule has 1 aromatic heterocycles. The second-order valence-electron chi connectivity index (χ2n) is 3.71. The molecule has 0 spiro atoms. The average molecular weight is 311 g/mol. The van der Waals surface area contributed by atoms with Crippen molar-refractivity contribution in [2.24, 2.45) is 0 Å². The molecule has 94 valence electrons. The molecule has 0 aliphatic rings. The Kier molecular flexibility index (Phi) is 4.11. The van der Waals surface area contributed by atoms with Gasteiger partial charge < -0.3 is 14.9 Å². The molecule has 0 aliphatic heterocycles. The number of aromatic carboxylic acids is 1. The second-order valence-corrected chi connectivity index (χ2v) is 4.63. The zero-order chi connectivity index (χ0) is 13.0. The molecule has 2 N–H and O–H groups in total. The normalized spacial score (nSPS) is 10.5. The Hall–Kier alpha value is -1.66. The number of carboxylic acid groups (broad SMARTS) is 1. The number of nitrogens with zero attached hydrogens (tertiary/aromatic N) is 1. The summed E-state index contributed by atoms with van der Waals surface area (Å²) in [4.78, 5) is 10.6. The van der Waals surface area contributed by atoms with E-state index in [0.29, 0.717) is 18.8 Å². The molecule has 0 bridgehead atoms. The number of hydrogen-bond acceptors (Lipinski definition) is 4. The number of rotatable bonds is 5. The van der Waals surface area contributed by atoms with E-state index in [4.69, 9.17) is 9.63 Å². The third-order valence-electron chi connectivity index (χ3n) is 2.32. The van der Waals surface area contributed by atoms with Gasteiger partial charge in [-0.2, -0.15) is 0 Å². The number of aromatic nitrogens is 1. The highest BCUT2D eigenvalue weighted by molar-refractivity contribution is 9.10. The van der Waals surface area contributed by atoms with E-state index in [2.05, 4.69) is 26.4 Å². The van der Waals surface area contributed by atoms with Gasteiger partial charge in [0.1, 0.15) is 0 Å². The van der Waals surface area contributed by atoms with Crippen LogP contribution in [0, 0.1) is 0 Å². The van der Waals surface area contributed by atoms with Gasteiger partial charge in [0.15, 0.2) is 11.5 Å². The highest BCUT2D eigenvalue weighted by Gasteiger charge is 2.09. The van der Waals surface area contributed by atoms with Crippen molar-refractivity contribution in [2.75, 3.05) is 0 Å². The monoisotopic (exact) mass is 310 g/mol. The molecule has 1 heterocycles. The van der Waals surface area contributed by atoms with Crippen LogP contribution >= 0.6 is 15.9 Å². The Morgan fingerprint density at radius 2 is 2.06 bits per heavy atom. The molecule has 2 rings (SSSR count). The lowest BCUT2D eigenvalue weighted by atomic mass is 10.2. The van der Waals surface area contributed by atoms with Crippen LogP contribution < -0.4 is 5.32 Å². The summed E-state index contributed by atoms with van der Waals surface area (Å²) >= 11 is 3.37. The largest absolute Gasteiger partial charge is 0.476 e. The van der Waals surface area contributed by atoms with Crippen molar-refractivity contribution in [2.45, 2.75) is 13.1 Å². The van der Waals surface area contributed by atoms with Gasteiger partial charge in [-0.15, -0.1) is 0 Å². The molecule has 0 fully saturated rings. The lowest BCUT2D eigenvalue weighted by Crippen LogP contribution is -2.12. The van der Waals surface area contributed by atoms with Crippen molar-refractivity contribution in [3.8, 4) is 0 Å². The van der Waals surface area contributed by atoms with Crippen LogP contribution in [0.3, 0.4) is 0 Å². The minimum absolute atomic E-state index is 0.0737. The van der Waals surface area contributed by atoms with Gasteiger partial charge in [-0.1, -0.05) is 33.2 Å². The van der Waals surface area contributed by atoms with Crippen LogP contribution in [-0.4, -0.2) is 16.2 Å². The SMILES string of the molecule is O=C(O)c1cc(CNCc2ccc(Br)cc2)on1. The van der Waals surface area contributed by atoms with Gasteiger partial charge >= 0.3 is 5.97 Å². The number of benzene rings is 1. The quantitative estimate of drug-likeness (QED) is 0.887. The lowest BCUT2D eigenvalue weighted by molar-refractivity contribution is 0.0685. The van der Waals surface area contributed by atoms with E-state index in [1.54, 1.807) is 0 Å². The number of hydrogen-bond donors (Lipinski definition) is 2. The topological polar surface area (TPSA) is 75.4 Å². The summed E-state index contributed by atoms with van der Waals surface area (Å²) in [5.74, 6) is -0.581. The Balaban J connectivity index is 1.84. The van der Waals surface area contributed by atoms with Gasteiger partial charge in [0.05, 0.1) is 6.54 Å². The molecule has 5 nitrogen and oxygen atoms in total. The Bertz CT molecular complexity index is 537. The molecule has 0 aliphatic carbocycles. The standard InChI is InChI=1S/C12H11BrN2O3/c13-9-3-1-8(2-4-9)6-14-7-10-5-11(12(16)17)15-18-10/h1-5,14H,6-7H2,(H,16,17). The number of halogens is 1. The summed E-state index contributed by atoms with van der Waals surface area (Å²) < 4.78 is 5.92. The first-order valence-corrected chi connectivity index (χ1v) is 6.08. The predicted octanol–water partition coefficient (Wildman–Crippen LogP) is 2.43. The van der Waals surface area contributed by atoms with Crippen molar-refractivity contribution in [1.82, 2.24) is 10.5 Å². The zero-order valence-corrected chi connectivity index (χ0v) is 11.0. The zero-order valence-electron chi connectivity index (χ0n) is 9.39. The van der Waals surface area contributed by atoms with E-state index < -0.39 is 5.97 Å². The second kappa shape index (κ2) is 5.79. The van der Waals surface area contributed by atoms with Crippen molar-refractivity contribution in [3.05, 3.63) is 51.8 Å². The fourth-order valence-electron chi connectivity index (χ4n) is 1.43. The fourth-order valence-corrected chi connectivity index (χ4v) is 1.69. The van der Waals surface area contributed by atoms with Gasteiger partial charge in [0.2, 0.25) is 0 Å². The van der Waals surface area contributed by atoms with Crippen molar-refractivity contribution >= 4 is 21.9 Å². The highest BCUT2D eigenvalue weighted by atomic mass is 79.9. The van der Waals surface area contributed by atoms with E-state index in [-0.39, 0.29) is 5.69 Å². The molecule has 1 aromatic carbocycles. The smallest absolute Gasteiger partial charge is 0.358 e. The van der Waals surface area contributed by atoms with Gasteiger partial charge in [-0.25, -0.2) is 4.79 Å². The summed E-state index contributed by atoms with van der Waals surface area (Å²) in [5.41, 5.74) is 1.06. The van der Waals surface area contributed by atoms with Crippen LogP contribution in [-0.2, 0) is 13.1 Å². The molecule has 2 aromatic rings. The summed E-state index contributed by atoms with van der Waals surface area (Å²) in [6.07, 6.45) is 0. The maximum Gasteiger partial charge on any atom is 0.358 e. The van der Waals surface area contributed by atoms with Crippen LogP contribution in [0.25, 0.3) is 0 Å². The summed E-state index contributed by atoms with van der Waals surface area (Å²) in [5, 5.41) is 15.3. The third-order valence-corrected chi connectivity index (χ3v) is 2.85. The van der Waals surface area contributed by atoms with E-state index in [0.717, 1.165) is 10.0 Å². The first-order chi connectivity index (χ1) is 8.65. The number of carbonyl (C=O) groups is 1. The van der Waals surface area contributed by atoms with E-state index in [9.17, 15) is 4.79 Å². The maximum atomic E-state index is 10.6. The molecular weight excluding hydrogens is 300 g/mol. The van der Waals surface area contributed by atoms with E-state index in [1.807, 2.05) is 24.3 Å². The molecule has 0 saturated carbocycles. The van der Waals surface area contributed by atoms with Gasteiger partial charge in [-0.3, -0.25) is 0 Å². The molecule has 0 radical (unpaired) electrons. The van der Waals surface area contributed by atoms with Crippen LogP contribution in [0.2, 0.25) is 0 Å². The molecule has 0 unspecified atom stereocenters. The molecule has 0 saturated heterocycles. The minimum atomic E-state index is -1.09. The maximum absolute atomic E-state index is 10.6. The average Bonchev–Trinajstić information content (AvgIpc) is 2.81. The summed E-state index contributed by atoms with van der Waals surface area (Å²) in [7, 11) is 0. The third kappa shape index (κ3) is 3.41. The van der Waals surface area contributed by atoms with Crippen LogP contribution in [0.1, 0.15) is 21.8 Å². The molecule has 0 atom stereocenters. The van der Waals surface area contributed by atoms with E-state index >= 15 is 0 Å². The van der Waals surface area contributed by atoms with Gasteiger partial charge in [-0.05, 0) is 17.7 Å². The minimum Gasteiger partial charge on any atom is -0.476 e. The lowest BCUT2D eigenvalue weighted by Gasteiger charge is -2.02. The predicted molar refractivity (Wildman–Crippen MR) is 68.1 cm³/mol. The molecule has 6 heteroatoms. The number of nitrogens with one attached hydrogen (secondary N) is 1. The molecule has 0 amide bonds. The van der Waals surface area contributed by atoms with Crippen molar-refractivity contribution < 1.29 is 14.4 Å². The van der Waals surface area contributed by atoms with Crippen LogP contribution in [0.4, 0.5) is 0 Å². The first-order valence-electron chi connectivity index (χ1n) is 5.29. The first kappa shape index (κ1) is 12.8. The van der Waals surface area contributed by atoms with Gasteiger partial charge in [0.25, 0.3) is 0 Å². The van der Waals surface area contributed by atoms with E-state index in [1.165, 1.54) is 6.07 Å². The van der Waals surface area contributed by atoms with Gasteiger partial charge in [0, 0.05) is 17.1 Å². The highest BCUT2D eigenvalue weighted by Crippen LogP contribution is 2.10. The Morgan fingerprint density at radius 1 is 1.33 bits per heavy atom. The molecular formula is C12H11BrN2O3. The van der Waals surface area contributed by atoms with Crippen LogP contribution in [0.15, 0.2) is 39.3 Å². The summed E-state index contributed by atoms with van der Waals surface area (Å²) in [6.45, 7) is 1.12. The van der Waals surface area contributed by atoms with Crippen molar-refractivity contribution in [1.29, 1.82) is 0 Å². The number of carboxylic acids is 1. The molecule has 18 heavy (non-hydrogen) atoms. The fraction of sp³-hybridized carbons (Fsp3) is 0.167.